The zero-order chi connectivity index (χ0) is 15.2. The lowest BCUT2D eigenvalue weighted by Gasteiger charge is -2.33. The number of nitrogens with one attached hydrogen (secondary N) is 1. The maximum Gasteiger partial charge on any atom is 0.135 e. The van der Waals surface area contributed by atoms with Crippen LogP contribution < -0.4 is 11.1 Å². The molecule has 0 spiro atoms. The summed E-state index contributed by atoms with van der Waals surface area (Å²) in [4.78, 5) is 11.4. The molecule has 0 aliphatic carbocycles. The second-order valence-electron chi connectivity index (χ2n) is 6.35. The average Bonchev–Trinajstić information content (AvgIpc) is 2.44. The van der Waals surface area contributed by atoms with E-state index in [1.165, 1.54) is 25.8 Å². The Hall–Kier alpha value is -1.36. The maximum atomic E-state index is 5.84. The summed E-state index contributed by atoms with van der Waals surface area (Å²) in [6.45, 7) is 9.83. The van der Waals surface area contributed by atoms with Crippen LogP contribution in [0.3, 0.4) is 0 Å². The molecule has 5 nitrogen and oxygen atoms in total. The van der Waals surface area contributed by atoms with Crippen molar-refractivity contribution in [1.82, 2.24) is 14.9 Å². The molecular formula is C16H29N5. The number of nitrogens with two attached hydrogens (primary N) is 1. The predicted molar refractivity (Wildman–Crippen MR) is 88.5 cm³/mol. The normalized spacial score (nSPS) is 19.9. The summed E-state index contributed by atoms with van der Waals surface area (Å²) in [6, 6.07) is 2.55. The number of nitrogen functional groups attached to an aromatic ring is 1. The summed E-state index contributed by atoms with van der Waals surface area (Å²) in [5.74, 6) is 2.49. The van der Waals surface area contributed by atoms with Gasteiger partial charge in [0.05, 0.1) is 0 Å². The Bertz CT molecular complexity index is 446. The van der Waals surface area contributed by atoms with Crippen molar-refractivity contribution in [3.63, 3.8) is 0 Å². The number of likely N-dealkylation sites (tertiary alicyclic amines) is 1. The molecule has 1 aliphatic rings. The maximum absolute atomic E-state index is 5.84. The molecule has 1 aromatic heterocycles. The molecule has 0 radical (unpaired) electrons. The van der Waals surface area contributed by atoms with Gasteiger partial charge < -0.3 is 16.0 Å². The third-order valence-corrected chi connectivity index (χ3v) is 4.15. The zero-order valence-corrected chi connectivity index (χ0v) is 13.6. The lowest BCUT2D eigenvalue weighted by atomic mass is 10.0. The minimum absolute atomic E-state index is 0.295. The smallest absolute Gasteiger partial charge is 0.135 e. The van der Waals surface area contributed by atoms with Crippen molar-refractivity contribution in [1.29, 1.82) is 0 Å². The molecule has 1 unspecified atom stereocenters. The summed E-state index contributed by atoms with van der Waals surface area (Å²) in [5.41, 5.74) is 5.84. The van der Waals surface area contributed by atoms with Crippen LogP contribution in [0, 0.1) is 0 Å². The minimum atomic E-state index is 0.295. The van der Waals surface area contributed by atoms with Gasteiger partial charge in [-0.05, 0) is 32.7 Å². The fraction of sp³-hybridized carbons (Fsp3) is 0.750. The van der Waals surface area contributed by atoms with E-state index >= 15 is 0 Å². The number of hydrogen-bond acceptors (Lipinski definition) is 5. The Labute approximate surface area is 128 Å². The quantitative estimate of drug-likeness (QED) is 0.789. The van der Waals surface area contributed by atoms with Crippen LogP contribution in [-0.2, 0) is 0 Å². The molecule has 0 amide bonds. The van der Waals surface area contributed by atoms with Gasteiger partial charge in [0.15, 0.2) is 0 Å². The van der Waals surface area contributed by atoms with Gasteiger partial charge >= 0.3 is 0 Å². The molecule has 1 aromatic rings. The minimum Gasteiger partial charge on any atom is -0.384 e. The van der Waals surface area contributed by atoms with E-state index < -0.39 is 0 Å². The van der Waals surface area contributed by atoms with E-state index in [0.29, 0.717) is 11.7 Å². The Morgan fingerprint density at radius 3 is 2.90 bits per heavy atom. The largest absolute Gasteiger partial charge is 0.384 e. The Kier molecular flexibility index (Phi) is 5.79. The van der Waals surface area contributed by atoms with Crippen molar-refractivity contribution < 1.29 is 0 Å². The van der Waals surface area contributed by atoms with Gasteiger partial charge in [-0.2, -0.15) is 0 Å². The van der Waals surface area contributed by atoms with Crippen LogP contribution in [-0.4, -0.2) is 40.5 Å². The van der Waals surface area contributed by atoms with E-state index in [1.807, 2.05) is 6.07 Å². The molecule has 2 rings (SSSR count). The number of rotatable bonds is 6. The van der Waals surface area contributed by atoms with Crippen molar-refractivity contribution in [3.8, 4) is 0 Å². The van der Waals surface area contributed by atoms with E-state index in [1.54, 1.807) is 0 Å². The predicted octanol–water partition coefficient (Wildman–Crippen LogP) is 2.86. The number of aromatic nitrogens is 2. The lowest BCUT2D eigenvalue weighted by molar-refractivity contribution is 0.160. The first-order valence-corrected chi connectivity index (χ1v) is 8.18. The van der Waals surface area contributed by atoms with Crippen LogP contribution in [0.15, 0.2) is 6.07 Å². The van der Waals surface area contributed by atoms with Crippen molar-refractivity contribution >= 4 is 11.6 Å². The van der Waals surface area contributed by atoms with E-state index in [2.05, 4.69) is 41.0 Å². The Morgan fingerprint density at radius 2 is 2.19 bits per heavy atom. The van der Waals surface area contributed by atoms with Gasteiger partial charge in [-0.3, -0.25) is 0 Å². The van der Waals surface area contributed by atoms with Gasteiger partial charge in [0.25, 0.3) is 0 Å². The van der Waals surface area contributed by atoms with Crippen molar-refractivity contribution in [2.75, 3.05) is 30.7 Å². The number of hydrogen-bond donors (Lipinski definition) is 2. The first-order chi connectivity index (χ1) is 10.1. The summed E-state index contributed by atoms with van der Waals surface area (Å²) < 4.78 is 0. The standard InChI is InChI=1S/C16H29N5/c1-12(2)16-19-14(17)11-15(20-16)18-8-6-10-21-9-5-4-7-13(21)3/h11-13H,4-10H2,1-3H3,(H3,17,18,19,20). The van der Waals surface area contributed by atoms with Gasteiger partial charge in [-0.1, -0.05) is 20.3 Å². The van der Waals surface area contributed by atoms with Gasteiger partial charge in [-0.25, -0.2) is 9.97 Å². The first-order valence-electron chi connectivity index (χ1n) is 8.18. The van der Waals surface area contributed by atoms with Gasteiger partial charge in [0.1, 0.15) is 17.5 Å². The second-order valence-corrected chi connectivity index (χ2v) is 6.35. The second kappa shape index (κ2) is 7.59. The van der Waals surface area contributed by atoms with E-state index in [-0.39, 0.29) is 0 Å². The van der Waals surface area contributed by atoms with Gasteiger partial charge in [-0.15, -0.1) is 0 Å². The molecule has 3 N–H and O–H groups in total. The van der Waals surface area contributed by atoms with Crippen molar-refractivity contribution in [2.45, 2.75) is 58.4 Å². The van der Waals surface area contributed by atoms with Gasteiger partial charge in [0.2, 0.25) is 0 Å². The first kappa shape index (κ1) is 16.0. The van der Waals surface area contributed by atoms with Crippen LogP contribution in [0.1, 0.15) is 58.2 Å². The highest BCUT2D eigenvalue weighted by molar-refractivity contribution is 5.44. The molecule has 5 heteroatoms. The summed E-state index contributed by atoms with van der Waals surface area (Å²) in [7, 11) is 0. The number of piperidine rings is 1. The number of anilines is 2. The molecule has 1 aliphatic heterocycles. The van der Waals surface area contributed by atoms with Crippen LogP contribution in [0.5, 0.6) is 0 Å². The van der Waals surface area contributed by atoms with E-state index in [9.17, 15) is 0 Å². The van der Waals surface area contributed by atoms with Crippen molar-refractivity contribution in [3.05, 3.63) is 11.9 Å². The van der Waals surface area contributed by atoms with E-state index in [0.717, 1.165) is 37.2 Å². The highest BCUT2D eigenvalue weighted by Crippen LogP contribution is 2.17. The zero-order valence-electron chi connectivity index (χ0n) is 13.6. The molecule has 0 saturated carbocycles. The molecule has 2 heterocycles. The van der Waals surface area contributed by atoms with Crippen molar-refractivity contribution in [2.24, 2.45) is 0 Å². The molecule has 1 fully saturated rings. The molecule has 1 saturated heterocycles. The van der Waals surface area contributed by atoms with Gasteiger partial charge in [0, 0.05) is 31.1 Å². The van der Waals surface area contributed by atoms with E-state index in [4.69, 9.17) is 5.73 Å². The summed E-state index contributed by atoms with van der Waals surface area (Å²) >= 11 is 0. The summed E-state index contributed by atoms with van der Waals surface area (Å²) in [6.07, 6.45) is 5.20. The fourth-order valence-electron chi connectivity index (χ4n) is 2.82. The lowest BCUT2D eigenvalue weighted by Crippen LogP contribution is -2.38. The third kappa shape index (κ3) is 4.84. The topological polar surface area (TPSA) is 67.1 Å². The van der Waals surface area contributed by atoms with Crippen LogP contribution in [0.4, 0.5) is 11.6 Å². The molecule has 0 bridgehead atoms. The molecular weight excluding hydrogens is 262 g/mol. The Morgan fingerprint density at radius 1 is 1.38 bits per heavy atom. The molecule has 21 heavy (non-hydrogen) atoms. The number of nitrogens with zero attached hydrogens (tertiary/aromatic N) is 3. The monoisotopic (exact) mass is 291 g/mol. The highest BCUT2D eigenvalue weighted by Gasteiger charge is 2.17. The van der Waals surface area contributed by atoms with Crippen LogP contribution >= 0.6 is 0 Å². The van der Waals surface area contributed by atoms with Crippen LogP contribution in [0.2, 0.25) is 0 Å². The molecule has 118 valence electrons. The highest BCUT2D eigenvalue weighted by atomic mass is 15.2. The Balaban J connectivity index is 1.78. The average molecular weight is 291 g/mol. The third-order valence-electron chi connectivity index (χ3n) is 4.15. The SMILES string of the molecule is CC(C)c1nc(N)cc(NCCCN2CCCCC2C)n1. The fourth-order valence-corrected chi connectivity index (χ4v) is 2.82. The summed E-state index contributed by atoms with van der Waals surface area (Å²) in [5, 5.41) is 3.38. The molecule has 1 atom stereocenters. The van der Waals surface area contributed by atoms with Crippen LogP contribution in [0.25, 0.3) is 0 Å². The molecule has 0 aromatic carbocycles.